The van der Waals surface area contributed by atoms with E-state index in [1.54, 1.807) is 6.92 Å². The summed E-state index contributed by atoms with van der Waals surface area (Å²) in [6, 6.07) is 10.4. The number of aliphatic hydroxyl groups excluding tert-OH is 1. The van der Waals surface area contributed by atoms with Crippen LogP contribution in [0.25, 0.3) is 0 Å². The van der Waals surface area contributed by atoms with Gasteiger partial charge in [-0.25, -0.2) is 4.79 Å². The number of rotatable bonds is 6. The molecule has 1 aliphatic carbocycles. The van der Waals surface area contributed by atoms with Gasteiger partial charge < -0.3 is 15.7 Å². The van der Waals surface area contributed by atoms with Crippen molar-refractivity contribution in [3.05, 3.63) is 35.9 Å². The molecule has 3 unspecified atom stereocenters. The summed E-state index contributed by atoms with van der Waals surface area (Å²) in [7, 11) is 0. The quantitative estimate of drug-likeness (QED) is 0.754. The van der Waals surface area contributed by atoms with E-state index in [1.165, 1.54) is 5.56 Å². The van der Waals surface area contributed by atoms with Gasteiger partial charge in [-0.1, -0.05) is 44.2 Å². The van der Waals surface area contributed by atoms with Crippen molar-refractivity contribution in [2.75, 3.05) is 6.54 Å². The van der Waals surface area contributed by atoms with Crippen LogP contribution in [0.2, 0.25) is 0 Å². The second-order valence-electron chi connectivity index (χ2n) is 6.90. The summed E-state index contributed by atoms with van der Waals surface area (Å²) < 4.78 is 0. The highest BCUT2D eigenvalue weighted by Crippen LogP contribution is 2.40. The molecule has 0 aliphatic heterocycles. The van der Waals surface area contributed by atoms with Gasteiger partial charge in [0.2, 0.25) is 0 Å². The van der Waals surface area contributed by atoms with Gasteiger partial charge in [-0.15, -0.1) is 0 Å². The Balaban J connectivity index is 1.72. The van der Waals surface area contributed by atoms with Gasteiger partial charge in [0.05, 0.1) is 6.10 Å². The van der Waals surface area contributed by atoms with Gasteiger partial charge in [-0.3, -0.25) is 0 Å². The van der Waals surface area contributed by atoms with Crippen LogP contribution in [0.15, 0.2) is 30.3 Å². The van der Waals surface area contributed by atoms with Gasteiger partial charge in [0.15, 0.2) is 0 Å². The third-order valence-corrected chi connectivity index (χ3v) is 3.91. The molecule has 1 saturated carbocycles. The predicted molar refractivity (Wildman–Crippen MR) is 84.2 cm³/mol. The van der Waals surface area contributed by atoms with Crippen molar-refractivity contribution in [3.63, 3.8) is 0 Å². The first kappa shape index (κ1) is 15.8. The number of aliphatic hydroxyl groups is 1. The largest absolute Gasteiger partial charge is 0.393 e. The Kier molecular flexibility index (Phi) is 4.88. The molecular weight excluding hydrogens is 264 g/mol. The van der Waals surface area contributed by atoms with Gasteiger partial charge in [0, 0.05) is 18.5 Å². The summed E-state index contributed by atoms with van der Waals surface area (Å²) in [5.74, 6) is 0.447. The molecule has 3 N–H and O–H groups in total. The first-order valence-electron chi connectivity index (χ1n) is 7.65. The van der Waals surface area contributed by atoms with Gasteiger partial charge in [-0.05, 0) is 30.7 Å². The summed E-state index contributed by atoms with van der Waals surface area (Å²) in [5, 5.41) is 15.4. The Hall–Kier alpha value is -1.55. The smallest absolute Gasteiger partial charge is 0.315 e. The van der Waals surface area contributed by atoms with Crippen molar-refractivity contribution in [2.45, 2.75) is 51.7 Å². The molecule has 1 aromatic rings. The van der Waals surface area contributed by atoms with E-state index < -0.39 is 0 Å². The fraction of sp³-hybridized carbons (Fsp3) is 0.588. The van der Waals surface area contributed by atoms with Crippen molar-refractivity contribution >= 4 is 6.03 Å². The average molecular weight is 290 g/mol. The average Bonchev–Trinajstić information content (AvgIpc) is 3.15. The zero-order valence-corrected chi connectivity index (χ0v) is 13.1. The number of amides is 2. The molecule has 1 aromatic carbocycles. The minimum absolute atomic E-state index is 0.103. The van der Waals surface area contributed by atoms with Gasteiger partial charge in [0.1, 0.15) is 0 Å². The minimum atomic E-state index is -0.351. The van der Waals surface area contributed by atoms with E-state index in [-0.39, 0.29) is 23.6 Å². The maximum Gasteiger partial charge on any atom is 0.315 e. The fourth-order valence-electron chi connectivity index (χ4n) is 2.83. The summed E-state index contributed by atoms with van der Waals surface area (Å²) in [5.41, 5.74) is 1.19. The minimum Gasteiger partial charge on any atom is -0.393 e. The molecule has 4 heteroatoms. The lowest BCUT2D eigenvalue weighted by Crippen LogP contribution is -2.42. The second-order valence-corrected chi connectivity index (χ2v) is 6.90. The van der Waals surface area contributed by atoms with Gasteiger partial charge >= 0.3 is 6.03 Å². The Morgan fingerprint density at radius 2 is 2.05 bits per heavy atom. The van der Waals surface area contributed by atoms with E-state index in [1.807, 2.05) is 32.0 Å². The highest BCUT2D eigenvalue weighted by Gasteiger charge is 2.39. The SMILES string of the molecule is CC(O)CC(C)(C)CNC(=O)NC1CC1c1ccccc1. The summed E-state index contributed by atoms with van der Waals surface area (Å²) in [4.78, 5) is 11.9. The Morgan fingerprint density at radius 1 is 1.38 bits per heavy atom. The lowest BCUT2D eigenvalue weighted by Gasteiger charge is -2.26. The van der Waals surface area contributed by atoms with Crippen LogP contribution in [0.5, 0.6) is 0 Å². The molecule has 0 radical (unpaired) electrons. The van der Waals surface area contributed by atoms with Crippen LogP contribution in [0.4, 0.5) is 4.79 Å². The molecule has 4 nitrogen and oxygen atoms in total. The zero-order chi connectivity index (χ0) is 15.5. The van der Waals surface area contributed by atoms with E-state index in [9.17, 15) is 9.90 Å². The fourth-order valence-corrected chi connectivity index (χ4v) is 2.83. The molecule has 3 atom stereocenters. The monoisotopic (exact) mass is 290 g/mol. The Labute approximate surface area is 126 Å². The molecule has 2 amide bonds. The molecule has 0 heterocycles. The van der Waals surface area contributed by atoms with Crippen LogP contribution in [0.1, 0.15) is 45.1 Å². The van der Waals surface area contributed by atoms with E-state index in [0.717, 1.165) is 6.42 Å². The highest BCUT2D eigenvalue weighted by atomic mass is 16.3. The van der Waals surface area contributed by atoms with Crippen LogP contribution in [-0.4, -0.2) is 29.8 Å². The molecule has 0 spiro atoms. The molecule has 116 valence electrons. The molecular formula is C17H26N2O2. The zero-order valence-electron chi connectivity index (χ0n) is 13.1. The first-order chi connectivity index (χ1) is 9.87. The van der Waals surface area contributed by atoms with Crippen molar-refractivity contribution in [1.29, 1.82) is 0 Å². The maximum atomic E-state index is 11.9. The first-order valence-corrected chi connectivity index (χ1v) is 7.65. The normalized spacial score (nSPS) is 22.5. The van der Waals surface area contributed by atoms with Crippen molar-refractivity contribution in [3.8, 4) is 0 Å². The number of urea groups is 1. The second kappa shape index (κ2) is 6.48. The molecule has 0 saturated heterocycles. The van der Waals surface area contributed by atoms with E-state index >= 15 is 0 Å². The number of hydrogen-bond donors (Lipinski definition) is 3. The predicted octanol–water partition coefficient (Wildman–Crippen LogP) is 2.64. The van der Waals surface area contributed by atoms with Crippen LogP contribution in [0.3, 0.4) is 0 Å². The Bertz CT molecular complexity index is 471. The number of benzene rings is 1. The van der Waals surface area contributed by atoms with Crippen LogP contribution in [0, 0.1) is 5.41 Å². The van der Waals surface area contributed by atoms with E-state index in [4.69, 9.17) is 0 Å². The standard InChI is InChI=1S/C17H26N2O2/c1-12(20)10-17(2,3)11-18-16(21)19-15-9-14(15)13-7-5-4-6-8-13/h4-8,12,14-15,20H,9-11H2,1-3H3,(H2,18,19,21). The summed E-state index contributed by atoms with van der Waals surface area (Å²) in [6.45, 7) is 6.43. The molecule has 0 bridgehead atoms. The van der Waals surface area contributed by atoms with Crippen LogP contribution in [-0.2, 0) is 0 Å². The number of hydrogen-bond acceptors (Lipinski definition) is 2. The number of nitrogens with one attached hydrogen (secondary N) is 2. The lowest BCUT2D eigenvalue weighted by molar-refractivity contribution is 0.129. The topological polar surface area (TPSA) is 61.4 Å². The van der Waals surface area contributed by atoms with Crippen molar-refractivity contribution < 1.29 is 9.90 Å². The molecule has 1 aliphatic rings. The molecule has 2 rings (SSSR count). The molecule has 0 aromatic heterocycles. The van der Waals surface area contributed by atoms with Crippen LogP contribution < -0.4 is 10.6 Å². The van der Waals surface area contributed by atoms with Crippen LogP contribution >= 0.6 is 0 Å². The summed E-state index contributed by atoms with van der Waals surface area (Å²) >= 11 is 0. The number of carbonyl (C=O) groups excluding carboxylic acids is 1. The Morgan fingerprint density at radius 3 is 2.67 bits per heavy atom. The van der Waals surface area contributed by atoms with Crippen molar-refractivity contribution in [1.82, 2.24) is 10.6 Å². The third kappa shape index (κ3) is 5.05. The summed E-state index contributed by atoms with van der Waals surface area (Å²) in [6.07, 6.45) is 1.33. The number of carbonyl (C=O) groups is 1. The third-order valence-electron chi connectivity index (χ3n) is 3.91. The van der Waals surface area contributed by atoms with Gasteiger partial charge in [-0.2, -0.15) is 0 Å². The van der Waals surface area contributed by atoms with Crippen molar-refractivity contribution in [2.24, 2.45) is 5.41 Å². The van der Waals surface area contributed by atoms with Gasteiger partial charge in [0.25, 0.3) is 0 Å². The maximum absolute atomic E-state index is 11.9. The molecule has 21 heavy (non-hydrogen) atoms. The van der Waals surface area contributed by atoms with E-state index in [2.05, 4.69) is 22.8 Å². The lowest BCUT2D eigenvalue weighted by atomic mass is 9.87. The molecule has 1 fully saturated rings. The van der Waals surface area contributed by atoms with E-state index in [0.29, 0.717) is 18.9 Å². The highest BCUT2D eigenvalue weighted by molar-refractivity contribution is 5.75.